The highest BCUT2D eigenvalue weighted by molar-refractivity contribution is 5.90. The van der Waals surface area contributed by atoms with Crippen molar-refractivity contribution in [1.82, 2.24) is 9.97 Å². The zero-order valence-electron chi connectivity index (χ0n) is 16.0. The molecule has 0 radical (unpaired) electrons. The number of aromatic nitrogens is 2. The summed E-state index contributed by atoms with van der Waals surface area (Å²) in [5.41, 5.74) is 2.92. The van der Waals surface area contributed by atoms with E-state index in [-0.39, 0.29) is 5.82 Å². The number of nitrogens with zero attached hydrogens (tertiary/aromatic N) is 2. The van der Waals surface area contributed by atoms with Crippen molar-refractivity contribution in [3.05, 3.63) is 89.7 Å². The van der Waals surface area contributed by atoms with E-state index in [0.717, 1.165) is 33.6 Å². The lowest BCUT2D eigenvalue weighted by molar-refractivity contribution is 0.414. The molecule has 0 saturated heterocycles. The van der Waals surface area contributed by atoms with Gasteiger partial charge < -0.3 is 15.4 Å². The molecule has 1 heterocycles. The molecule has 2 N–H and O–H groups in total. The molecule has 0 amide bonds. The van der Waals surface area contributed by atoms with E-state index >= 15 is 0 Å². The molecule has 0 bridgehead atoms. The SMILES string of the molecule is COc1ccc(CNc2nc(NCc3ccc(F)cc3)c3ccccc3n2)cc1. The van der Waals surface area contributed by atoms with Gasteiger partial charge in [0, 0.05) is 18.5 Å². The number of anilines is 2. The molecule has 0 unspecified atom stereocenters. The molecule has 29 heavy (non-hydrogen) atoms. The molecule has 4 aromatic rings. The van der Waals surface area contributed by atoms with E-state index in [2.05, 4.69) is 20.6 Å². The summed E-state index contributed by atoms with van der Waals surface area (Å²) in [7, 11) is 1.65. The third kappa shape index (κ3) is 4.60. The first-order valence-electron chi connectivity index (χ1n) is 9.33. The summed E-state index contributed by atoms with van der Waals surface area (Å²) in [5, 5.41) is 7.57. The summed E-state index contributed by atoms with van der Waals surface area (Å²) in [6.45, 7) is 1.14. The fraction of sp³-hybridized carbons (Fsp3) is 0.130. The second kappa shape index (κ2) is 8.56. The van der Waals surface area contributed by atoms with Crippen molar-refractivity contribution in [2.45, 2.75) is 13.1 Å². The number of hydrogen-bond donors (Lipinski definition) is 2. The van der Waals surface area contributed by atoms with Crippen LogP contribution in [0.1, 0.15) is 11.1 Å². The molecular formula is C23H21FN4O. The second-order valence-electron chi connectivity index (χ2n) is 6.59. The lowest BCUT2D eigenvalue weighted by Gasteiger charge is -2.12. The first kappa shape index (κ1) is 18.7. The Morgan fingerprint density at radius 3 is 2.17 bits per heavy atom. The van der Waals surface area contributed by atoms with E-state index in [4.69, 9.17) is 4.74 Å². The molecular weight excluding hydrogens is 367 g/mol. The number of methoxy groups -OCH3 is 1. The number of rotatable bonds is 7. The Bertz CT molecular complexity index is 1100. The number of ether oxygens (including phenoxy) is 1. The Balaban J connectivity index is 1.53. The van der Waals surface area contributed by atoms with Gasteiger partial charge in [-0.1, -0.05) is 36.4 Å². The van der Waals surface area contributed by atoms with Gasteiger partial charge in [0.1, 0.15) is 17.4 Å². The van der Waals surface area contributed by atoms with Crippen molar-refractivity contribution < 1.29 is 9.13 Å². The molecule has 0 atom stereocenters. The van der Waals surface area contributed by atoms with Gasteiger partial charge in [-0.05, 0) is 47.5 Å². The van der Waals surface area contributed by atoms with Crippen LogP contribution in [0.3, 0.4) is 0 Å². The number of halogens is 1. The first-order chi connectivity index (χ1) is 14.2. The Kier molecular flexibility index (Phi) is 5.52. The molecule has 0 spiro atoms. The predicted octanol–water partition coefficient (Wildman–Crippen LogP) is 5.00. The minimum Gasteiger partial charge on any atom is -0.497 e. The highest BCUT2D eigenvalue weighted by atomic mass is 19.1. The van der Waals surface area contributed by atoms with Crippen molar-refractivity contribution in [3.8, 4) is 5.75 Å². The molecule has 146 valence electrons. The van der Waals surface area contributed by atoms with Crippen LogP contribution in [0.4, 0.5) is 16.2 Å². The largest absolute Gasteiger partial charge is 0.497 e. The summed E-state index contributed by atoms with van der Waals surface area (Å²) >= 11 is 0. The van der Waals surface area contributed by atoms with Gasteiger partial charge >= 0.3 is 0 Å². The van der Waals surface area contributed by atoms with E-state index in [1.54, 1.807) is 19.2 Å². The van der Waals surface area contributed by atoms with Crippen molar-refractivity contribution >= 4 is 22.7 Å². The lowest BCUT2D eigenvalue weighted by atomic mass is 10.2. The Labute approximate surface area is 168 Å². The van der Waals surface area contributed by atoms with Crippen molar-refractivity contribution in [3.63, 3.8) is 0 Å². The van der Waals surface area contributed by atoms with Crippen LogP contribution in [0.2, 0.25) is 0 Å². The average molecular weight is 388 g/mol. The van der Waals surface area contributed by atoms with Gasteiger partial charge in [-0.25, -0.2) is 9.37 Å². The van der Waals surface area contributed by atoms with Crippen LogP contribution in [0.5, 0.6) is 5.75 Å². The van der Waals surface area contributed by atoms with Crippen LogP contribution in [-0.4, -0.2) is 17.1 Å². The highest BCUT2D eigenvalue weighted by Crippen LogP contribution is 2.23. The molecule has 0 aliphatic carbocycles. The molecule has 1 aromatic heterocycles. The van der Waals surface area contributed by atoms with Crippen LogP contribution >= 0.6 is 0 Å². The summed E-state index contributed by atoms with van der Waals surface area (Å²) in [4.78, 5) is 9.26. The van der Waals surface area contributed by atoms with Gasteiger partial charge in [-0.15, -0.1) is 0 Å². The Morgan fingerprint density at radius 2 is 1.45 bits per heavy atom. The lowest BCUT2D eigenvalue weighted by Crippen LogP contribution is -2.08. The smallest absolute Gasteiger partial charge is 0.225 e. The van der Waals surface area contributed by atoms with Gasteiger partial charge in [0.05, 0.1) is 12.6 Å². The zero-order chi connectivity index (χ0) is 20.1. The van der Waals surface area contributed by atoms with Crippen LogP contribution < -0.4 is 15.4 Å². The van der Waals surface area contributed by atoms with Gasteiger partial charge in [0.15, 0.2) is 0 Å². The fourth-order valence-electron chi connectivity index (χ4n) is 3.00. The molecule has 0 fully saturated rings. The minimum atomic E-state index is -0.244. The molecule has 4 rings (SSSR count). The second-order valence-corrected chi connectivity index (χ2v) is 6.59. The van der Waals surface area contributed by atoms with Crippen LogP contribution in [0, 0.1) is 5.82 Å². The Hall–Kier alpha value is -3.67. The topological polar surface area (TPSA) is 59.1 Å². The molecule has 0 aliphatic rings. The molecule has 0 saturated carbocycles. The maximum atomic E-state index is 13.1. The summed E-state index contributed by atoms with van der Waals surface area (Å²) in [5.74, 6) is 1.85. The van der Waals surface area contributed by atoms with Gasteiger partial charge in [0.2, 0.25) is 5.95 Å². The maximum Gasteiger partial charge on any atom is 0.225 e. The zero-order valence-corrected chi connectivity index (χ0v) is 16.0. The Morgan fingerprint density at radius 1 is 0.793 bits per heavy atom. The summed E-state index contributed by atoms with van der Waals surface area (Å²) < 4.78 is 18.3. The third-order valence-electron chi connectivity index (χ3n) is 4.59. The van der Waals surface area contributed by atoms with Crippen LogP contribution in [-0.2, 0) is 13.1 Å². The van der Waals surface area contributed by atoms with Gasteiger partial charge in [-0.3, -0.25) is 0 Å². The van der Waals surface area contributed by atoms with Gasteiger partial charge in [-0.2, -0.15) is 4.98 Å². The van der Waals surface area contributed by atoms with E-state index in [1.165, 1.54) is 12.1 Å². The van der Waals surface area contributed by atoms with E-state index in [0.29, 0.717) is 19.0 Å². The molecule has 5 nitrogen and oxygen atoms in total. The summed E-state index contributed by atoms with van der Waals surface area (Å²) in [6.07, 6.45) is 0. The number of benzene rings is 3. The van der Waals surface area contributed by atoms with Crippen LogP contribution in [0.15, 0.2) is 72.8 Å². The first-order valence-corrected chi connectivity index (χ1v) is 9.33. The van der Waals surface area contributed by atoms with E-state index in [1.807, 2.05) is 48.5 Å². The quantitative estimate of drug-likeness (QED) is 0.466. The average Bonchev–Trinajstić information content (AvgIpc) is 2.77. The van der Waals surface area contributed by atoms with Crippen molar-refractivity contribution in [2.75, 3.05) is 17.7 Å². The third-order valence-corrected chi connectivity index (χ3v) is 4.59. The predicted molar refractivity (Wildman–Crippen MR) is 114 cm³/mol. The number of fused-ring (bicyclic) bond motifs is 1. The fourth-order valence-corrected chi connectivity index (χ4v) is 3.00. The number of nitrogens with one attached hydrogen (secondary N) is 2. The molecule has 6 heteroatoms. The number of hydrogen-bond acceptors (Lipinski definition) is 5. The molecule has 3 aromatic carbocycles. The van der Waals surface area contributed by atoms with E-state index in [9.17, 15) is 4.39 Å². The standard InChI is InChI=1S/C23H21FN4O/c1-29-19-12-8-17(9-13-19)15-26-23-27-21-5-3-2-4-20(21)22(28-23)25-14-16-6-10-18(24)11-7-16/h2-13H,14-15H2,1H3,(H2,25,26,27,28). The minimum absolute atomic E-state index is 0.244. The maximum absolute atomic E-state index is 13.1. The highest BCUT2D eigenvalue weighted by Gasteiger charge is 2.08. The van der Waals surface area contributed by atoms with Gasteiger partial charge in [0.25, 0.3) is 0 Å². The van der Waals surface area contributed by atoms with E-state index < -0.39 is 0 Å². The summed E-state index contributed by atoms with van der Waals surface area (Å²) in [6, 6.07) is 22.1. The normalized spacial score (nSPS) is 10.7. The van der Waals surface area contributed by atoms with Crippen LogP contribution in [0.25, 0.3) is 10.9 Å². The van der Waals surface area contributed by atoms with Crippen molar-refractivity contribution in [2.24, 2.45) is 0 Å². The number of para-hydroxylation sites is 1. The monoisotopic (exact) mass is 388 g/mol. The molecule has 0 aliphatic heterocycles. The van der Waals surface area contributed by atoms with Crippen molar-refractivity contribution in [1.29, 1.82) is 0 Å².